The first-order valence-electron chi connectivity index (χ1n) is 5.87. The Morgan fingerprint density at radius 3 is 2.67 bits per heavy atom. The van der Waals surface area contributed by atoms with E-state index >= 15 is 0 Å². The molecule has 0 atom stereocenters. The van der Waals surface area contributed by atoms with Gasteiger partial charge in [-0.1, -0.05) is 0 Å². The van der Waals surface area contributed by atoms with Gasteiger partial charge in [0.1, 0.15) is 11.5 Å². The number of rotatable bonds is 2. The molecule has 1 fully saturated rings. The van der Waals surface area contributed by atoms with Gasteiger partial charge in [-0.15, -0.1) is 0 Å². The van der Waals surface area contributed by atoms with Crippen molar-refractivity contribution in [2.24, 2.45) is 0 Å². The number of phenols is 1. The molecule has 1 aliphatic carbocycles. The van der Waals surface area contributed by atoms with Crippen molar-refractivity contribution in [2.45, 2.75) is 31.7 Å². The van der Waals surface area contributed by atoms with Crippen molar-refractivity contribution in [3.8, 4) is 5.75 Å². The molecular formula is C13H14INO3. The molecular weight excluding hydrogens is 345 g/mol. The summed E-state index contributed by atoms with van der Waals surface area (Å²) in [6.07, 6.45) is 2.44. The predicted molar refractivity (Wildman–Crippen MR) is 75.6 cm³/mol. The van der Waals surface area contributed by atoms with Gasteiger partial charge in [0.05, 0.1) is 5.56 Å². The molecule has 5 heteroatoms. The number of hydrogen-bond acceptors (Lipinski definition) is 3. The van der Waals surface area contributed by atoms with Crippen LogP contribution in [0.4, 0.5) is 0 Å². The molecule has 0 bridgehead atoms. The van der Waals surface area contributed by atoms with Crippen LogP contribution in [-0.4, -0.2) is 22.8 Å². The number of hydrogen-bond donors (Lipinski definition) is 2. The molecule has 0 aliphatic heterocycles. The second-order valence-corrected chi connectivity index (χ2v) is 5.69. The van der Waals surface area contributed by atoms with Crippen LogP contribution in [0.25, 0.3) is 0 Å². The third-order valence-corrected chi connectivity index (χ3v) is 3.75. The van der Waals surface area contributed by atoms with Crippen molar-refractivity contribution < 1.29 is 14.7 Å². The first kappa shape index (κ1) is 13.3. The van der Waals surface area contributed by atoms with E-state index in [1.165, 1.54) is 6.07 Å². The van der Waals surface area contributed by atoms with Gasteiger partial charge in [0.2, 0.25) is 0 Å². The lowest BCUT2D eigenvalue weighted by molar-refractivity contribution is -0.120. The maximum absolute atomic E-state index is 12.0. The Morgan fingerprint density at radius 2 is 2.00 bits per heavy atom. The number of aromatic hydroxyl groups is 1. The summed E-state index contributed by atoms with van der Waals surface area (Å²) in [7, 11) is 0. The van der Waals surface area contributed by atoms with Gasteiger partial charge in [-0.2, -0.15) is 0 Å². The highest BCUT2D eigenvalue weighted by molar-refractivity contribution is 14.1. The molecule has 2 rings (SSSR count). The molecule has 1 aliphatic rings. The van der Waals surface area contributed by atoms with Crippen molar-refractivity contribution in [1.82, 2.24) is 5.32 Å². The molecule has 0 heterocycles. The van der Waals surface area contributed by atoms with Crippen LogP contribution < -0.4 is 5.32 Å². The van der Waals surface area contributed by atoms with E-state index in [1.807, 2.05) is 0 Å². The maximum atomic E-state index is 12.0. The fourth-order valence-corrected chi connectivity index (χ4v) is 2.53. The summed E-state index contributed by atoms with van der Waals surface area (Å²) in [6, 6.07) is 4.94. The van der Waals surface area contributed by atoms with Crippen molar-refractivity contribution in [1.29, 1.82) is 0 Å². The van der Waals surface area contributed by atoms with Crippen molar-refractivity contribution in [3.05, 3.63) is 27.3 Å². The minimum atomic E-state index is -0.273. The molecule has 0 spiro atoms. The Morgan fingerprint density at radius 1 is 1.33 bits per heavy atom. The minimum Gasteiger partial charge on any atom is -0.507 e. The zero-order chi connectivity index (χ0) is 13.1. The molecule has 18 heavy (non-hydrogen) atoms. The average molecular weight is 359 g/mol. The van der Waals surface area contributed by atoms with Gasteiger partial charge in [0.15, 0.2) is 0 Å². The Labute approximate surface area is 119 Å². The smallest absolute Gasteiger partial charge is 0.255 e. The SMILES string of the molecule is O=C1CCC(NC(=O)c2cc(I)ccc2O)CC1. The summed E-state index contributed by atoms with van der Waals surface area (Å²) >= 11 is 2.09. The highest BCUT2D eigenvalue weighted by atomic mass is 127. The first-order chi connectivity index (χ1) is 8.56. The third-order valence-electron chi connectivity index (χ3n) is 3.08. The van der Waals surface area contributed by atoms with Gasteiger partial charge in [-0.05, 0) is 53.6 Å². The number of amides is 1. The number of Topliss-reactive ketones (excluding diaryl/α,β-unsaturated/α-hetero) is 1. The van der Waals surface area contributed by atoms with Gasteiger partial charge in [-0.25, -0.2) is 0 Å². The van der Waals surface area contributed by atoms with E-state index < -0.39 is 0 Å². The van der Waals surface area contributed by atoms with Gasteiger partial charge in [0.25, 0.3) is 5.91 Å². The molecule has 96 valence electrons. The number of phenolic OH excluding ortho intramolecular Hbond substituents is 1. The van der Waals surface area contributed by atoms with Crippen LogP contribution in [-0.2, 0) is 4.79 Å². The summed E-state index contributed by atoms with van der Waals surface area (Å²) in [4.78, 5) is 23.1. The number of carbonyl (C=O) groups is 2. The Balaban J connectivity index is 2.03. The second-order valence-electron chi connectivity index (χ2n) is 4.45. The van der Waals surface area contributed by atoms with E-state index in [0.717, 1.165) is 3.57 Å². The molecule has 0 saturated heterocycles. The van der Waals surface area contributed by atoms with E-state index in [-0.39, 0.29) is 23.5 Å². The zero-order valence-electron chi connectivity index (χ0n) is 9.78. The summed E-state index contributed by atoms with van der Waals surface area (Å²) in [5.74, 6) is -0.0252. The highest BCUT2D eigenvalue weighted by Crippen LogP contribution is 2.21. The van der Waals surface area contributed by atoms with Crippen LogP contribution in [0, 0.1) is 3.57 Å². The molecule has 4 nitrogen and oxygen atoms in total. The predicted octanol–water partition coefficient (Wildman–Crippen LogP) is 2.24. The number of carbonyl (C=O) groups excluding carboxylic acids is 2. The van der Waals surface area contributed by atoms with Crippen molar-refractivity contribution in [3.63, 3.8) is 0 Å². The zero-order valence-corrected chi connectivity index (χ0v) is 11.9. The van der Waals surface area contributed by atoms with E-state index in [2.05, 4.69) is 27.9 Å². The van der Waals surface area contributed by atoms with Crippen LogP contribution in [0.1, 0.15) is 36.0 Å². The fraction of sp³-hybridized carbons (Fsp3) is 0.385. The van der Waals surface area contributed by atoms with E-state index in [0.29, 0.717) is 31.2 Å². The quantitative estimate of drug-likeness (QED) is 0.796. The van der Waals surface area contributed by atoms with Crippen LogP contribution in [0.5, 0.6) is 5.75 Å². The summed E-state index contributed by atoms with van der Waals surface area (Å²) in [6.45, 7) is 0. The monoisotopic (exact) mass is 359 g/mol. The van der Waals surface area contributed by atoms with E-state index in [9.17, 15) is 14.7 Å². The Hall–Kier alpha value is -1.11. The lowest BCUT2D eigenvalue weighted by Gasteiger charge is -2.22. The number of halogens is 1. The first-order valence-corrected chi connectivity index (χ1v) is 6.95. The Kier molecular flexibility index (Phi) is 4.21. The number of ketones is 1. The topological polar surface area (TPSA) is 66.4 Å². The van der Waals surface area contributed by atoms with Crippen LogP contribution in [0.2, 0.25) is 0 Å². The van der Waals surface area contributed by atoms with Crippen LogP contribution in [0.3, 0.4) is 0 Å². The van der Waals surface area contributed by atoms with Crippen molar-refractivity contribution >= 4 is 34.3 Å². The highest BCUT2D eigenvalue weighted by Gasteiger charge is 2.21. The Bertz CT molecular complexity index is 477. The summed E-state index contributed by atoms with van der Waals surface area (Å²) in [5.41, 5.74) is 0.291. The average Bonchev–Trinajstić information content (AvgIpc) is 2.35. The lowest BCUT2D eigenvalue weighted by Crippen LogP contribution is -2.37. The third kappa shape index (κ3) is 3.22. The van der Waals surface area contributed by atoms with Gasteiger partial charge >= 0.3 is 0 Å². The molecule has 0 unspecified atom stereocenters. The fourth-order valence-electron chi connectivity index (χ4n) is 2.04. The minimum absolute atomic E-state index is 0.0141. The molecule has 0 radical (unpaired) electrons. The lowest BCUT2D eigenvalue weighted by atomic mass is 9.94. The van der Waals surface area contributed by atoms with Crippen LogP contribution >= 0.6 is 22.6 Å². The molecule has 1 aromatic rings. The van der Waals surface area contributed by atoms with Gasteiger partial charge in [0, 0.05) is 22.5 Å². The number of benzene rings is 1. The summed E-state index contributed by atoms with van der Waals surface area (Å²) in [5, 5.41) is 12.5. The second kappa shape index (κ2) is 5.69. The maximum Gasteiger partial charge on any atom is 0.255 e. The van der Waals surface area contributed by atoms with Crippen molar-refractivity contribution in [2.75, 3.05) is 0 Å². The van der Waals surface area contributed by atoms with E-state index in [1.54, 1.807) is 12.1 Å². The molecule has 0 aromatic heterocycles. The normalized spacial score (nSPS) is 16.6. The van der Waals surface area contributed by atoms with Crippen LogP contribution in [0.15, 0.2) is 18.2 Å². The van der Waals surface area contributed by atoms with E-state index in [4.69, 9.17) is 0 Å². The standard InChI is InChI=1S/C13H14INO3/c14-8-1-6-12(17)11(7-8)13(18)15-9-2-4-10(16)5-3-9/h1,6-7,9,17H,2-5H2,(H,15,18). The molecule has 2 N–H and O–H groups in total. The van der Waals surface area contributed by atoms with Gasteiger partial charge in [-0.3, -0.25) is 9.59 Å². The molecule has 1 saturated carbocycles. The van der Waals surface area contributed by atoms with Gasteiger partial charge < -0.3 is 10.4 Å². The molecule has 1 aromatic carbocycles. The molecule has 1 amide bonds. The summed E-state index contributed by atoms with van der Waals surface area (Å²) < 4.78 is 0.898. The number of nitrogens with one attached hydrogen (secondary N) is 1. The largest absolute Gasteiger partial charge is 0.507 e.